The van der Waals surface area contributed by atoms with E-state index in [-0.39, 0.29) is 18.4 Å². The van der Waals surface area contributed by atoms with Crippen LogP contribution in [0.5, 0.6) is 0 Å². The zero-order valence-electron chi connectivity index (χ0n) is 11.4. The number of nitrogens with zero attached hydrogens (tertiary/aromatic N) is 1. The topological polar surface area (TPSA) is 81.7 Å². The minimum Gasteiger partial charge on any atom is -0.390 e. The predicted molar refractivity (Wildman–Crippen MR) is 76.2 cm³/mol. The maximum Gasteiger partial charge on any atom is 0.279 e. The summed E-state index contributed by atoms with van der Waals surface area (Å²) in [6.45, 7) is 3.39. The van der Waals surface area contributed by atoms with E-state index < -0.39 is 5.60 Å². The second kappa shape index (κ2) is 6.34. The Morgan fingerprint density at radius 3 is 2.70 bits per heavy atom. The SMILES string of the molecule is CC1(O)CCN(CC(=O)NNC(=O)c2cccs2)CC1. The molecule has 110 valence electrons. The van der Waals surface area contributed by atoms with E-state index in [0.717, 1.165) is 0 Å². The van der Waals surface area contributed by atoms with Crippen molar-refractivity contribution in [2.45, 2.75) is 25.4 Å². The van der Waals surface area contributed by atoms with Crippen molar-refractivity contribution in [3.8, 4) is 0 Å². The number of rotatable bonds is 3. The first-order valence-electron chi connectivity index (χ1n) is 6.54. The van der Waals surface area contributed by atoms with Gasteiger partial charge in [-0.05, 0) is 31.2 Å². The lowest BCUT2D eigenvalue weighted by molar-refractivity contribution is -0.124. The Bertz CT molecular complexity index is 463. The standard InChI is InChI=1S/C13H19N3O3S/c1-13(19)4-6-16(7-5-13)9-11(17)14-15-12(18)10-3-2-8-20-10/h2-3,8,19H,4-7,9H2,1H3,(H,14,17)(H,15,18). The molecule has 2 amide bonds. The molecular weight excluding hydrogens is 278 g/mol. The number of hydrazine groups is 1. The molecule has 0 aromatic carbocycles. The third-order valence-electron chi connectivity index (χ3n) is 3.36. The number of aliphatic hydroxyl groups is 1. The van der Waals surface area contributed by atoms with Crippen LogP contribution in [0, 0.1) is 0 Å². The Morgan fingerprint density at radius 1 is 1.40 bits per heavy atom. The van der Waals surface area contributed by atoms with Gasteiger partial charge in [-0.1, -0.05) is 6.07 Å². The van der Waals surface area contributed by atoms with E-state index in [4.69, 9.17) is 0 Å². The minimum atomic E-state index is -0.625. The van der Waals surface area contributed by atoms with Crippen LogP contribution in [-0.4, -0.2) is 47.1 Å². The van der Waals surface area contributed by atoms with E-state index in [2.05, 4.69) is 10.9 Å². The van der Waals surface area contributed by atoms with Crippen molar-refractivity contribution in [3.63, 3.8) is 0 Å². The van der Waals surface area contributed by atoms with Crippen LogP contribution < -0.4 is 10.9 Å². The summed E-state index contributed by atoms with van der Waals surface area (Å²) in [5.41, 5.74) is 4.16. The monoisotopic (exact) mass is 297 g/mol. The van der Waals surface area contributed by atoms with Gasteiger partial charge < -0.3 is 5.11 Å². The summed E-state index contributed by atoms with van der Waals surface area (Å²) in [6.07, 6.45) is 1.31. The minimum absolute atomic E-state index is 0.223. The van der Waals surface area contributed by atoms with Crippen molar-refractivity contribution in [1.82, 2.24) is 15.8 Å². The van der Waals surface area contributed by atoms with Crippen LogP contribution in [0.3, 0.4) is 0 Å². The molecule has 0 saturated carbocycles. The molecular formula is C13H19N3O3S. The summed E-state index contributed by atoms with van der Waals surface area (Å²) < 4.78 is 0. The van der Waals surface area contributed by atoms with Gasteiger partial charge in [-0.2, -0.15) is 0 Å². The molecule has 1 saturated heterocycles. The molecule has 0 spiro atoms. The van der Waals surface area contributed by atoms with Gasteiger partial charge in [-0.3, -0.25) is 25.3 Å². The summed E-state index contributed by atoms with van der Waals surface area (Å²) in [5.74, 6) is -0.564. The van der Waals surface area contributed by atoms with Crippen molar-refractivity contribution < 1.29 is 14.7 Å². The molecule has 0 atom stereocenters. The molecule has 0 radical (unpaired) electrons. The second-order valence-electron chi connectivity index (χ2n) is 5.25. The number of hydrogen-bond acceptors (Lipinski definition) is 5. The number of likely N-dealkylation sites (tertiary alicyclic amines) is 1. The highest BCUT2D eigenvalue weighted by Crippen LogP contribution is 2.20. The van der Waals surface area contributed by atoms with Crippen LogP contribution in [-0.2, 0) is 4.79 Å². The zero-order valence-corrected chi connectivity index (χ0v) is 12.2. The Hall–Kier alpha value is -1.44. The lowest BCUT2D eigenvalue weighted by Gasteiger charge is -2.35. The summed E-state index contributed by atoms with van der Waals surface area (Å²) >= 11 is 1.32. The second-order valence-corrected chi connectivity index (χ2v) is 6.20. The van der Waals surface area contributed by atoms with Crippen LogP contribution in [0.15, 0.2) is 17.5 Å². The van der Waals surface area contributed by atoms with Crippen LogP contribution >= 0.6 is 11.3 Å². The van der Waals surface area contributed by atoms with Gasteiger partial charge >= 0.3 is 0 Å². The van der Waals surface area contributed by atoms with Gasteiger partial charge in [0.25, 0.3) is 11.8 Å². The Balaban J connectivity index is 1.70. The highest BCUT2D eigenvalue weighted by molar-refractivity contribution is 7.12. The third-order valence-corrected chi connectivity index (χ3v) is 4.23. The molecule has 1 aromatic rings. The van der Waals surface area contributed by atoms with E-state index in [1.807, 2.05) is 11.8 Å². The van der Waals surface area contributed by atoms with Crippen LogP contribution in [0.1, 0.15) is 29.4 Å². The molecule has 6 nitrogen and oxygen atoms in total. The normalized spacial score (nSPS) is 18.5. The molecule has 1 fully saturated rings. The van der Waals surface area contributed by atoms with Gasteiger partial charge in [0.1, 0.15) is 0 Å². The smallest absolute Gasteiger partial charge is 0.279 e. The van der Waals surface area contributed by atoms with Crippen LogP contribution in [0.25, 0.3) is 0 Å². The third kappa shape index (κ3) is 4.29. The summed E-state index contributed by atoms with van der Waals surface area (Å²) in [7, 11) is 0. The lowest BCUT2D eigenvalue weighted by atomic mass is 9.94. The van der Waals surface area contributed by atoms with Crippen molar-refractivity contribution in [1.29, 1.82) is 0 Å². The molecule has 0 unspecified atom stereocenters. The van der Waals surface area contributed by atoms with Gasteiger partial charge in [0.15, 0.2) is 0 Å². The Labute approximate surface area is 121 Å². The molecule has 20 heavy (non-hydrogen) atoms. The highest BCUT2D eigenvalue weighted by atomic mass is 32.1. The lowest BCUT2D eigenvalue weighted by Crippen LogP contribution is -2.49. The van der Waals surface area contributed by atoms with E-state index in [9.17, 15) is 14.7 Å². The largest absolute Gasteiger partial charge is 0.390 e. The van der Waals surface area contributed by atoms with Gasteiger partial charge in [0.05, 0.1) is 17.0 Å². The molecule has 0 aliphatic carbocycles. The highest BCUT2D eigenvalue weighted by Gasteiger charge is 2.28. The molecule has 7 heteroatoms. The van der Waals surface area contributed by atoms with E-state index in [1.165, 1.54) is 11.3 Å². The number of hydrogen-bond donors (Lipinski definition) is 3. The first-order chi connectivity index (χ1) is 9.46. The fraction of sp³-hybridized carbons (Fsp3) is 0.538. The predicted octanol–water partition coefficient (Wildman–Crippen LogP) is 0.356. The fourth-order valence-corrected chi connectivity index (χ4v) is 2.65. The van der Waals surface area contributed by atoms with Gasteiger partial charge in [0.2, 0.25) is 0 Å². The number of amides is 2. The zero-order chi connectivity index (χ0) is 14.6. The molecule has 2 heterocycles. The van der Waals surface area contributed by atoms with Crippen molar-refractivity contribution in [2.24, 2.45) is 0 Å². The fourth-order valence-electron chi connectivity index (χ4n) is 2.03. The number of thiophene rings is 1. The quantitative estimate of drug-likeness (QED) is 0.704. The maximum atomic E-state index is 11.7. The molecule has 3 N–H and O–H groups in total. The van der Waals surface area contributed by atoms with E-state index in [1.54, 1.807) is 17.5 Å². The van der Waals surface area contributed by atoms with Crippen molar-refractivity contribution in [3.05, 3.63) is 22.4 Å². The average molecular weight is 297 g/mol. The van der Waals surface area contributed by atoms with Crippen molar-refractivity contribution in [2.75, 3.05) is 19.6 Å². The van der Waals surface area contributed by atoms with Gasteiger partial charge in [0, 0.05) is 13.1 Å². The summed E-state index contributed by atoms with van der Waals surface area (Å²) in [4.78, 5) is 25.9. The van der Waals surface area contributed by atoms with E-state index >= 15 is 0 Å². The van der Waals surface area contributed by atoms with Crippen molar-refractivity contribution >= 4 is 23.2 Å². The Kier molecular flexibility index (Phi) is 4.74. The van der Waals surface area contributed by atoms with Crippen LogP contribution in [0.2, 0.25) is 0 Å². The van der Waals surface area contributed by atoms with Crippen LogP contribution in [0.4, 0.5) is 0 Å². The first-order valence-corrected chi connectivity index (χ1v) is 7.42. The maximum absolute atomic E-state index is 11.7. The number of nitrogens with one attached hydrogen (secondary N) is 2. The van der Waals surface area contributed by atoms with E-state index in [0.29, 0.717) is 30.8 Å². The Morgan fingerprint density at radius 2 is 2.10 bits per heavy atom. The summed E-state index contributed by atoms with van der Waals surface area (Å²) in [6, 6.07) is 3.47. The average Bonchev–Trinajstić information content (AvgIpc) is 2.92. The molecule has 1 aliphatic rings. The number of carbonyl (C=O) groups is 2. The molecule has 1 aromatic heterocycles. The molecule has 2 rings (SSSR count). The number of piperidine rings is 1. The first kappa shape index (κ1) is 15.0. The van der Waals surface area contributed by atoms with Gasteiger partial charge in [-0.15, -0.1) is 11.3 Å². The molecule has 1 aliphatic heterocycles. The summed E-state index contributed by atoms with van der Waals surface area (Å²) in [5, 5.41) is 11.6. The van der Waals surface area contributed by atoms with Gasteiger partial charge in [-0.25, -0.2) is 0 Å². The number of carbonyl (C=O) groups excluding carboxylic acids is 2. The molecule has 0 bridgehead atoms.